The summed E-state index contributed by atoms with van der Waals surface area (Å²) in [5.41, 5.74) is 11.0. The van der Waals surface area contributed by atoms with Crippen LogP contribution in [0.3, 0.4) is 0 Å². The monoisotopic (exact) mass is 241 g/mol. The van der Waals surface area contributed by atoms with Gasteiger partial charge in [0.05, 0.1) is 13.2 Å². The molecule has 0 bridgehead atoms. The van der Waals surface area contributed by atoms with Crippen molar-refractivity contribution in [1.29, 1.82) is 0 Å². The summed E-state index contributed by atoms with van der Waals surface area (Å²) in [6.45, 7) is 4.06. The fraction of sp³-hybridized carbons (Fsp3) is 0.455. The largest absolute Gasteiger partial charge is 0.398 e. The molecular formula is C11H16ClN3O. The van der Waals surface area contributed by atoms with Crippen molar-refractivity contribution in [1.82, 2.24) is 10.4 Å². The van der Waals surface area contributed by atoms with Gasteiger partial charge in [0.2, 0.25) is 0 Å². The number of morpholine rings is 1. The van der Waals surface area contributed by atoms with Crippen molar-refractivity contribution in [2.24, 2.45) is 0 Å². The van der Waals surface area contributed by atoms with Crippen LogP contribution in [0.15, 0.2) is 18.2 Å². The highest BCUT2D eigenvalue weighted by molar-refractivity contribution is 6.30. The number of anilines is 1. The Morgan fingerprint density at radius 1 is 1.38 bits per heavy atom. The van der Waals surface area contributed by atoms with Gasteiger partial charge in [-0.05, 0) is 23.8 Å². The molecule has 2 rings (SSSR count). The molecule has 0 radical (unpaired) electrons. The maximum absolute atomic E-state index is 5.92. The molecule has 0 aliphatic carbocycles. The summed E-state index contributed by atoms with van der Waals surface area (Å²) in [5, 5.41) is 2.86. The molecule has 1 aliphatic heterocycles. The van der Waals surface area contributed by atoms with Crippen LogP contribution in [-0.2, 0) is 11.3 Å². The zero-order chi connectivity index (χ0) is 11.4. The molecule has 88 valence electrons. The Morgan fingerprint density at radius 2 is 2.12 bits per heavy atom. The van der Waals surface area contributed by atoms with E-state index in [0.717, 1.165) is 37.6 Å². The molecule has 5 heteroatoms. The van der Waals surface area contributed by atoms with E-state index in [0.29, 0.717) is 11.6 Å². The van der Waals surface area contributed by atoms with Crippen LogP contribution in [0.1, 0.15) is 5.56 Å². The van der Waals surface area contributed by atoms with Crippen molar-refractivity contribution in [3.05, 3.63) is 28.8 Å². The Labute approximate surface area is 100 Å². The van der Waals surface area contributed by atoms with Gasteiger partial charge in [0.25, 0.3) is 0 Å². The van der Waals surface area contributed by atoms with Gasteiger partial charge in [-0.2, -0.15) is 0 Å². The standard InChI is InChI=1S/C11H16ClN3O/c12-10-1-2-11(13)9(7-10)8-14-15-3-5-16-6-4-15/h1-2,7,14H,3-6,8,13H2. The summed E-state index contributed by atoms with van der Waals surface area (Å²) in [6, 6.07) is 5.53. The molecule has 0 aromatic heterocycles. The Hall–Kier alpha value is -0.810. The average Bonchev–Trinajstić information content (AvgIpc) is 2.32. The van der Waals surface area contributed by atoms with E-state index in [-0.39, 0.29) is 0 Å². The second kappa shape index (κ2) is 5.50. The average molecular weight is 242 g/mol. The molecular weight excluding hydrogens is 226 g/mol. The Morgan fingerprint density at radius 3 is 2.88 bits per heavy atom. The third kappa shape index (κ3) is 3.09. The van der Waals surface area contributed by atoms with Crippen molar-refractivity contribution in [2.75, 3.05) is 32.0 Å². The van der Waals surface area contributed by atoms with Crippen LogP contribution in [0.4, 0.5) is 5.69 Å². The number of hydrazine groups is 1. The van der Waals surface area contributed by atoms with Gasteiger partial charge in [0.1, 0.15) is 0 Å². The van der Waals surface area contributed by atoms with Crippen molar-refractivity contribution < 1.29 is 4.74 Å². The van der Waals surface area contributed by atoms with Gasteiger partial charge in [-0.25, -0.2) is 5.01 Å². The number of hydrogen-bond acceptors (Lipinski definition) is 4. The molecule has 0 atom stereocenters. The maximum Gasteiger partial charge on any atom is 0.0608 e. The van der Waals surface area contributed by atoms with Crippen molar-refractivity contribution in [2.45, 2.75) is 6.54 Å². The van der Waals surface area contributed by atoms with Gasteiger partial charge in [-0.1, -0.05) is 11.6 Å². The fourth-order valence-corrected chi connectivity index (χ4v) is 1.84. The van der Waals surface area contributed by atoms with Crippen LogP contribution in [0.5, 0.6) is 0 Å². The van der Waals surface area contributed by atoms with E-state index >= 15 is 0 Å². The summed E-state index contributed by atoms with van der Waals surface area (Å²) in [6.07, 6.45) is 0. The SMILES string of the molecule is Nc1ccc(Cl)cc1CNN1CCOCC1. The fourth-order valence-electron chi connectivity index (χ4n) is 1.65. The number of nitrogens with zero attached hydrogens (tertiary/aromatic N) is 1. The lowest BCUT2D eigenvalue weighted by Crippen LogP contribution is -2.45. The van der Waals surface area contributed by atoms with E-state index in [4.69, 9.17) is 22.1 Å². The number of nitrogen functional groups attached to an aromatic ring is 1. The van der Waals surface area contributed by atoms with Gasteiger partial charge in [0.15, 0.2) is 0 Å². The lowest BCUT2D eigenvalue weighted by Gasteiger charge is -2.27. The highest BCUT2D eigenvalue weighted by Crippen LogP contribution is 2.17. The molecule has 1 saturated heterocycles. The van der Waals surface area contributed by atoms with E-state index in [1.54, 1.807) is 6.07 Å². The number of benzene rings is 1. The second-order valence-electron chi connectivity index (χ2n) is 3.78. The van der Waals surface area contributed by atoms with Crippen LogP contribution in [0, 0.1) is 0 Å². The summed E-state index contributed by atoms with van der Waals surface area (Å²) in [5.74, 6) is 0. The molecule has 1 aromatic rings. The van der Waals surface area contributed by atoms with Gasteiger partial charge >= 0.3 is 0 Å². The van der Waals surface area contributed by atoms with E-state index in [1.165, 1.54) is 0 Å². The third-order valence-electron chi connectivity index (χ3n) is 2.61. The number of ether oxygens (including phenoxy) is 1. The summed E-state index contributed by atoms with van der Waals surface area (Å²) in [4.78, 5) is 0. The first kappa shape index (κ1) is 11.7. The Kier molecular flexibility index (Phi) is 4.01. The third-order valence-corrected chi connectivity index (χ3v) is 2.84. The van der Waals surface area contributed by atoms with Gasteiger partial charge in [-0.3, -0.25) is 5.43 Å². The quantitative estimate of drug-likeness (QED) is 0.783. The lowest BCUT2D eigenvalue weighted by molar-refractivity contribution is 0.0106. The molecule has 0 unspecified atom stereocenters. The van der Waals surface area contributed by atoms with Crippen molar-refractivity contribution in [3.8, 4) is 0 Å². The molecule has 3 N–H and O–H groups in total. The van der Waals surface area contributed by atoms with Crippen LogP contribution >= 0.6 is 11.6 Å². The minimum atomic E-state index is 0.701. The molecule has 16 heavy (non-hydrogen) atoms. The van der Waals surface area contributed by atoms with Crippen LogP contribution in [0.2, 0.25) is 5.02 Å². The van der Waals surface area contributed by atoms with E-state index in [1.807, 2.05) is 12.1 Å². The van der Waals surface area contributed by atoms with Gasteiger partial charge < -0.3 is 10.5 Å². The minimum absolute atomic E-state index is 0.701. The van der Waals surface area contributed by atoms with Crippen LogP contribution < -0.4 is 11.2 Å². The van der Waals surface area contributed by atoms with E-state index < -0.39 is 0 Å². The first-order valence-corrected chi connectivity index (χ1v) is 5.73. The molecule has 4 nitrogen and oxygen atoms in total. The topological polar surface area (TPSA) is 50.5 Å². The first-order valence-electron chi connectivity index (χ1n) is 5.36. The molecule has 1 heterocycles. The van der Waals surface area contributed by atoms with Crippen LogP contribution in [0.25, 0.3) is 0 Å². The zero-order valence-corrected chi connectivity index (χ0v) is 9.83. The van der Waals surface area contributed by atoms with Gasteiger partial charge in [-0.15, -0.1) is 0 Å². The van der Waals surface area contributed by atoms with Crippen molar-refractivity contribution >= 4 is 17.3 Å². The smallest absolute Gasteiger partial charge is 0.0608 e. The van der Waals surface area contributed by atoms with Crippen LogP contribution in [-0.4, -0.2) is 31.3 Å². The molecule has 1 aromatic carbocycles. The number of nitrogens with two attached hydrogens (primary N) is 1. The molecule has 1 fully saturated rings. The van der Waals surface area contributed by atoms with E-state index in [9.17, 15) is 0 Å². The first-order chi connectivity index (χ1) is 7.75. The van der Waals surface area contributed by atoms with Crippen molar-refractivity contribution in [3.63, 3.8) is 0 Å². The number of halogens is 1. The Bertz CT molecular complexity index is 353. The minimum Gasteiger partial charge on any atom is -0.398 e. The number of rotatable bonds is 3. The number of hydrogen-bond donors (Lipinski definition) is 2. The molecule has 0 amide bonds. The summed E-state index contributed by atoms with van der Waals surface area (Å²) in [7, 11) is 0. The molecule has 1 aliphatic rings. The summed E-state index contributed by atoms with van der Waals surface area (Å²) < 4.78 is 5.27. The van der Waals surface area contributed by atoms with Gasteiger partial charge in [0, 0.05) is 30.3 Å². The predicted octanol–water partition coefficient (Wildman–Crippen LogP) is 1.26. The second-order valence-corrected chi connectivity index (χ2v) is 4.21. The maximum atomic E-state index is 5.92. The lowest BCUT2D eigenvalue weighted by atomic mass is 10.2. The normalized spacial score (nSPS) is 17.6. The highest BCUT2D eigenvalue weighted by Gasteiger charge is 2.10. The van der Waals surface area contributed by atoms with E-state index in [2.05, 4.69) is 10.4 Å². The summed E-state index contributed by atoms with van der Waals surface area (Å²) >= 11 is 5.92. The number of nitrogens with one attached hydrogen (secondary N) is 1. The molecule has 0 spiro atoms. The predicted molar refractivity (Wildman–Crippen MR) is 65.1 cm³/mol. The Balaban J connectivity index is 1.90. The molecule has 0 saturated carbocycles. The zero-order valence-electron chi connectivity index (χ0n) is 9.08. The highest BCUT2D eigenvalue weighted by atomic mass is 35.5.